The first kappa shape index (κ1) is 21.6. The zero-order chi connectivity index (χ0) is 21.3. The Morgan fingerprint density at radius 2 is 1.90 bits per heavy atom. The van der Waals surface area contributed by atoms with Crippen LogP contribution in [0, 0.1) is 0 Å². The molecule has 1 saturated heterocycles. The fourth-order valence-electron chi connectivity index (χ4n) is 3.51. The SMILES string of the molecule is CCCN1CCN(C(=NCc2cccc(OC)c2)Nc2cccc(C(=O)O)c2)CC1. The Labute approximate surface area is 178 Å². The van der Waals surface area contributed by atoms with Gasteiger partial charge in [0.2, 0.25) is 0 Å². The van der Waals surface area contributed by atoms with Crippen molar-refractivity contribution in [2.45, 2.75) is 19.9 Å². The van der Waals surface area contributed by atoms with Crippen molar-refractivity contribution in [2.75, 3.05) is 45.2 Å². The Bertz CT molecular complexity index is 876. The maximum Gasteiger partial charge on any atom is 0.335 e. The minimum absolute atomic E-state index is 0.250. The van der Waals surface area contributed by atoms with Crippen molar-refractivity contribution in [3.05, 3.63) is 59.7 Å². The molecule has 0 aromatic heterocycles. The fourth-order valence-corrected chi connectivity index (χ4v) is 3.51. The summed E-state index contributed by atoms with van der Waals surface area (Å²) in [6.45, 7) is 7.55. The van der Waals surface area contributed by atoms with Crippen LogP contribution < -0.4 is 10.1 Å². The molecule has 0 unspecified atom stereocenters. The molecular formula is C23H30N4O3. The number of benzene rings is 2. The number of anilines is 1. The highest BCUT2D eigenvalue weighted by Crippen LogP contribution is 2.16. The largest absolute Gasteiger partial charge is 0.497 e. The third kappa shape index (κ3) is 5.97. The summed E-state index contributed by atoms with van der Waals surface area (Å²) in [4.78, 5) is 20.9. The van der Waals surface area contributed by atoms with Gasteiger partial charge in [0.05, 0.1) is 19.2 Å². The summed E-state index contributed by atoms with van der Waals surface area (Å²) >= 11 is 0. The summed E-state index contributed by atoms with van der Waals surface area (Å²) in [6.07, 6.45) is 1.15. The lowest BCUT2D eigenvalue weighted by atomic mass is 10.2. The number of carboxylic acid groups (broad SMARTS) is 1. The van der Waals surface area contributed by atoms with Gasteiger partial charge in [0.25, 0.3) is 0 Å². The lowest BCUT2D eigenvalue weighted by Gasteiger charge is -2.36. The van der Waals surface area contributed by atoms with Crippen LogP contribution in [-0.2, 0) is 6.54 Å². The second kappa shape index (κ2) is 10.6. The lowest BCUT2D eigenvalue weighted by Crippen LogP contribution is -2.50. The van der Waals surface area contributed by atoms with Crippen LogP contribution in [0.25, 0.3) is 0 Å². The van der Waals surface area contributed by atoms with Gasteiger partial charge in [-0.2, -0.15) is 0 Å². The van der Waals surface area contributed by atoms with E-state index in [2.05, 4.69) is 22.0 Å². The zero-order valence-corrected chi connectivity index (χ0v) is 17.7. The van der Waals surface area contributed by atoms with Gasteiger partial charge < -0.3 is 20.1 Å². The van der Waals surface area contributed by atoms with Crippen LogP contribution in [0.15, 0.2) is 53.5 Å². The highest BCUT2D eigenvalue weighted by Gasteiger charge is 2.19. The van der Waals surface area contributed by atoms with Crippen molar-refractivity contribution in [3.63, 3.8) is 0 Å². The van der Waals surface area contributed by atoms with E-state index in [1.165, 1.54) is 0 Å². The Kier molecular flexibility index (Phi) is 7.68. The van der Waals surface area contributed by atoms with Crippen LogP contribution >= 0.6 is 0 Å². The normalized spacial score (nSPS) is 15.1. The number of aliphatic imine (C=N–C) groups is 1. The molecule has 2 aromatic rings. The smallest absolute Gasteiger partial charge is 0.335 e. The number of piperazine rings is 1. The number of carbonyl (C=O) groups is 1. The first-order chi connectivity index (χ1) is 14.6. The van der Waals surface area contributed by atoms with Crippen molar-refractivity contribution in [1.29, 1.82) is 0 Å². The first-order valence-corrected chi connectivity index (χ1v) is 10.3. The minimum atomic E-state index is -0.943. The van der Waals surface area contributed by atoms with E-state index in [1.54, 1.807) is 25.3 Å². The number of rotatable bonds is 7. The summed E-state index contributed by atoms with van der Waals surface area (Å²) in [6, 6.07) is 14.7. The number of hydrogen-bond acceptors (Lipinski definition) is 4. The second-order valence-electron chi connectivity index (χ2n) is 7.33. The Morgan fingerprint density at radius 3 is 2.60 bits per heavy atom. The third-order valence-electron chi connectivity index (χ3n) is 5.12. The lowest BCUT2D eigenvalue weighted by molar-refractivity contribution is 0.0697. The number of nitrogens with zero attached hydrogens (tertiary/aromatic N) is 3. The zero-order valence-electron chi connectivity index (χ0n) is 17.7. The van der Waals surface area contributed by atoms with Crippen LogP contribution in [0.4, 0.5) is 5.69 Å². The van der Waals surface area contributed by atoms with Crippen molar-refractivity contribution >= 4 is 17.6 Å². The quantitative estimate of drug-likeness (QED) is 0.538. The van der Waals surface area contributed by atoms with E-state index in [0.29, 0.717) is 6.54 Å². The molecular weight excluding hydrogens is 380 g/mol. The van der Waals surface area contributed by atoms with Crippen LogP contribution in [0.1, 0.15) is 29.3 Å². The Balaban J connectivity index is 1.79. The van der Waals surface area contributed by atoms with Gasteiger partial charge in [-0.3, -0.25) is 4.90 Å². The summed E-state index contributed by atoms with van der Waals surface area (Å²) in [7, 11) is 1.65. The molecule has 0 saturated carbocycles. The number of nitrogens with one attached hydrogen (secondary N) is 1. The predicted molar refractivity (Wildman–Crippen MR) is 119 cm³/mol. The fraction of sp³-hybridized carbons (Fsp3) is 0.391. The van der Waals surface area contributed by atoms with Crippen LogP contribution in [0.5, 0.6) is 5.75 Å². The van der Waals surface area contributed by atoms with Gasteiger partial charge in [0.1, 0.15) is 5.75 Å². The number of methoxy groups -OCH3 is 1. The van der Waals surface area contributed by atoms with Crippen molar-refractivity contribution in [3.8, 4) is 5.75 Å². The average molecular weight is 411 g/mol. The summed E-state index contributed by atoms with van der Waals surface area (Å²) in [5, 5.41) is 12.6. The molecule has 3 rings (SSSR count). The van der Waals surface area contributed by atoms with E-state index in [0.717, 1.165) is 62.1 Å². The molecule has 0 bridgehead atoms. The maximum atomic E-state index is 11.3. The molecule has 0 atom stereocenters. The summed E-state index contributed by atoms with van der Waals surface area (Å²) in [5.74, 6) is 0.623. The van der Waals surface area contributed by atoms with Crippen molar-refractivity contribution in [1.82, 2.24) is 9.80 Å². The van der Waals surface area contributed by atoms with Gasteiger partial charge in [-0.05, 0) is 48.9 Å². The molecule has 1 fully saturated rings. The van der Waals surface area contributed by atoms with Gasteiger partial charge in [-0.25, -0.2) is 9.79 Å². The number of guanidine groups is 1. The van der Waals surface area contributed by atoms with E-state index in [1.807, 2.05) is 30.3 Å². The molecule has 1 aliphatic rings. The van der Waals surface area contributed by atoms with Crippen LogP contribution in [-0.4, -0.2) is 66.7 Å². The maximum absolute atomic E-state index is 11.3. The molecule has 0 aliphatic carbocycles. The van der Waals surface area contributed by atoms with Gasteiger partial charge >= 0.3 is 5.97 Å². The Morgan fingerprint density at radius 1 is 1.13 bits per heavy atom. The van der Waals surface area contributed by atoms with E-state index in [4.69, 9.17) is 9.73 Å². The molecule has 0 spiro atoms. The van der Waals surface area contributed by atoms with E-state index in [9.17, 15) is 9.90 Å². The van der Waals surface area contributed by atoms with Crippen LogP contribution in [0.2, 0.25) is 0 Å². The van der Waals surface area contributed by atoms with Crippen molar-refractivity contribution in [2.24, 2.45) is 4.99 Å². The molecule has 0 radical (unpaired) electrons. The molecule has 1 aliphatic heterocycles. The minimum Gasteiger partial charge on any atom is -0.497 e. The Hall–Kier alpha value is -3.06. The topological polar surface area (TPSA) is 77.4 Å². The molecule has 7 nitrogen and oxygen atoms in total. The van der Waals surface area contributed by atoms with E-state index in [-0.39, 0.29) is 5.56 Å². The average Bonchev–Trinajstić information content (AvgIpc) is 2.78. The molecule has 2 N–H and O–H groups in total. The molecule has 0 amide bonds. The molecule has 160 valence electrons. The van der Waals surface area contributed by atoms with Crippen LogP contribution in [0.3, 0.4) is 0 Å². The van der Waals surface area contributed by atoms with Gasteiger partial charge in [-0.15, -0.1) is 0 Å². The standard InChI is InChI=1S/C23H30N4O3/c1-3-10-26-11-13-27(14-12-26)23(24-17-18-6-4-9-21(15-18)30-2)25-20-8-5-7-19(16-20)22(28)29/h4-9,15-16H,3,10-14,17H2,1-2H3,(H,24,25)(H,28,29). The molecule has 7 heteroatoms. The highest BCUT2D eigenvalue weighted by atomic mass is 16.5. The van der Waals surface area contributed by atoms with Gasteiger partial charge in [-0.1, -0.05) is 25.1 Å². The number of hydrogen-bond donors (Lipinski definition) is 2. The molecule has 2 aromatic carbocycles. The second-order valence-corrected chi connectivity index (χ2v) is 7.33. The summed E-state index contributed by atoms with van der Waals surface area (Å²) in [5.41, 5.74) is 2.02. The van der Waals surface area contributed by atoms with Gasteiger partial charge in [0, 0.05) is 31.9 Å². The molecule has 30 heavy (non-hydrogen) atoms. The van der Waals surface area contributed by atoms with E-state index >= 15 is 0 Å². The van der Waals surface area contributed by atoms with E-state index < -0.39 is 5.97 Å². The summed E-state index contributed by atoms with van der Waals surface area (Å²) < 4.78 is 5.31. The number of ether oxygens (including phenoxy) is 1. The highest BCUT2D eigenvalue weighted by molar-refractivity contribution is 5.95. The monoisotopic (exact) mass is 410 g/mol. The van der Waals surface area contributed by atoms with Gasteiger partial charge in [0.15, 0.2) is 5.96 Å². The first-order valence-electron chi connectivity index (χ1n) is 10.3. The number of aromatic carboxylic acids is 1. The number of carboxylic acids is 1. The molecule has 1 heterocycles. The predicted octanol–water partition coefficient (Wildman–Crippen LogP) is 3.39. The van der Waals surface area contributed by atoms with Crippen molar-refractivity contribution < 1.29 is 14.6 Å². The third-order valence-corrected chi connectivity index (χ3v) is 5.12.